The molecule has 3 heterocycles. The van der Waals surface area contributed by atoms with Crippen LogP contribution in [0.3, 0.4) is 0 Å². The van der Waals surface area contributed by atoms with Gasteiger partial charge in [0.1, 0.15) is 12.1 Å². The third-order valence-electron chi connectivity index (χ3n) is 5.17. The minimum absolute atomic E-state index is 0.111. The van der Waals surface area contributed by atoms with Crippen molar-refractivity contribution >= 4 is 21.6 Å². The molecule has 7 nitrogen and oxygen atoms in total. The Hall–Kier alpha value is -2.39. The lowest BCUT2D eigenvalue weighted by Gasteiger charge is -2.10. The number of aryl methyl sites for hydroxylation is 2. The number of rotatable bonds is 7. The van der Waals surface area contributed by atoms with E-state index in [0.29, 0.717) is 24.6 Å². The van der Waals surface area contributed by atoms with Crippen molar-refractivity contribution in [2.45, 2.75) is 43.6 Å². The van der Waals surface area contributed by atoms with Crippen molar-refractivity contribution in [3.63, 3.8) is 0 Å². The molecule has 1 fully saturated rings. The van der Waals surface area contributed by atoms with Crippen molar-refractivity contribution in [1.29, 1.82) is 0 Å². The maximum absolute atomic E-state index is 11.9. The summed E-state index contributed by atoms with van der Waals surface area (Å²) in [5.41, 5.74) is 4.12. The molecule has 1 atom stereocenters. The van der Waals surface area contributed by atoms with Gasteiger partial charge < -0.3 is 8.98 Å². The van der Waals surface area contributed by atoms with Crippen LogP contribution in [-0.2, 0) is 22.1 Å². The molecular formula is C21H24N4O3S2. The Labute approximate surface area is 180 Å². The molecule has 4 rings (SSSR count). The van der Waals surface area contributed by atoms with Crippen molar-refractivity contribution in [3.8, 4) is 11.5 Å². The van der Waals surface area contributed by atoms with Crippen LogP contribution in [0.1, 0.15) is 35.0 Å². The molecule has 1 aromatic carbocycles. The number of sulfone groups is 1. The SMILES string of the molecule is C=CCn1c(SCc2coc(-c3ccc(C)cc3C)n2)nnc1[C@H]1CCS(=O)(=O)C1. The van der Waals surface area contributed by atoms with E-state index in [4.69, 9.17) is 4.42 Å². The standard InChI is InChI=1S/C21H24N4O3S2/c1-4-8-25-19(16-7-9-30(26,27)13-16)23-24-21(25)29-12-17-11-28-20(22-17)18-6-5-14(2)10-15(18)3/h4-6,10-11,16H,1,7-9,12-13H2,2-3H3/t16-/m0/s1. The maximum Gasteiger partial charge on any atom is 0.226 e. The second-order valence-electron chi connectivity index (χ2n) is 7.59. The summed E-state index contributed by atoms with van der Waals surface area (Å²) in [6, 6.07) is 6.18. The second-order valence-corrected chi connectivity index (χ2v) is 10.8. The van der Waals surface area contributed by atoms with E-state index in [1.165, 1.54) is 17.3 Å². The van der Waals surface area contributed by atoms with Crippen molar-refractivity contribution in [2.75, 3.05) is 11.5 Å². The summed E-state index contributed by atoms with van der Waals surface area (Å²) in [7, 11) is -2.99. The van der Waals surface area contributed by atoms with Crippen LogP contribution in [0, 0.1) is 13.8 Å². The largest absolute Gasteiger partial charge is 0.444 e. The monoisotopic (exact) mass is 444 g/mol. The first-order valence-electron chi connectivity index (χ1n) is 9.75. The number of thioether (sulfide) groups is 1. The molecule has 1 saturated heterocycles. The van der Waals surface area contributed by atoms with Gasteiger partial charge in [0.2, 0.25) is 5.89 Å². The fraction of sp³-hybridized carbons (Fsp3) is 0.381. The van der Waals surface area contributed by atoms with E-state index >= 15 is 0 Å². The molecule has 0 saturated carbocycles. The van der Waals surface area contributed by atoms with Crippen LogP contribution >= 0.6 is 11.8 Å². The molecule has 1 aliphatic rings. The Bertz CT molecular complexity index is 1180. The molecule has 158 valence electrons. The summed E-state index contributed by atoms with van der Waals surface area (Å²) in [6.45, 7) is 8.45. The lowest BCUT2D eigenvalue weighted by molar-refractivity contribution is 0.573. The van der Waals surface area contributed by atoms with E-state index in [2.05, 4.69) is 34.8 Å². The first kappa shape index (κ1) is 20.9. The van der Waals surface area contributed by atoms with Gasteiger partial charge in [-0.1, -0.05) is 35.5 Å². The number of nitrogens with zero attached hydrogens (tertiary/aromatic N) is 4. The lowest BCUT2D eigenvalue weighted by atomic mass is 10.1. The molecule has 1 aliphatic heterocycles. The quantitative estimate of drug-likeness (QED) is 0.403. The van der Waals surface area contributed by atoms with Crippen molar-refractivity contribution in [2.24, 2.45) is 0 Å². The molecule has 0 aliphatic carbocycles. The third kappa shape index (κ3) is 4.37. The summed E-state index contributed by atoms with van der Waals surface area (Å²) >= 11 is 1.50. The van der Waals surface area contributed by atoms with Gasteiger partial charge in [-0.25, -0.2) is 13.4 Å². The van der Waals surface area contributed by atoms with Crippen LogP contribution in [-0.4, -0.2) is 39.7 Å². The van der Waals surface area contributed by atoms with Gasteiger partial charge in [-0.05, 0) is 31.9 Å². The molecule has 30 heavy (non-hydrogen) atoms. The third-order valence-corrected chi connectivity index (χ3v) is 7.94. The molecule has 2 aromatic heterocycles. The van der Waals surface area contributed by atoms with Gasteiger partial charge in [-0.3, -0.25) is 0 Å². The number of hydrogen-bond donors (Lipinski definition) is 0. The van der Waals surface area contributed by atoms with Gasteiger partial charge in [-0.15, -0.1) is 16.8 Å². The molecular weight excluding hydrogens is 420 g/mol. The van der Waals surface area contributed by atoms with Gasteiger partial charge in [0.25, 0.3) is 0 Å². The van der Waals surface area contributed by atoms with E-state index in [1.54, 1.807) is 12.3 Å². The molecule has 3 aromatic rings. The minimum atomic E-state index is -2.99. The molecule has 0 spiro atoms. The number of benzene rings is 1. The predicted molar refractivity (Wildman–Crippen MR) is 117 cm³/mol. The fourth-order valence-corrected chi connectivity index (χ4v) is 6.27. The average molecular weight is 445 g/mol. The van der Waals surface area contributed by atoms with Crippen LogP contribution in [0.2, 0.25) is 0 Å². The Balaban J connectivity index is 1.50. The van der Waals surface area contributed by atoms with Crippen molar-refractivity contribution < 1.29 is 12.8 Å². The molecule has 0 bridgehead atoms. The molecule has 0 N–H and O–H groups in total. The highest BCUT2D eigenvalue weighted by molar-refractivity contribution is 7.98. The maximum atomic E-state index is 11.9. The number of aromatic nitrogens is 4. The molecule has 0 unspecified atom stereocenters. The number of oxazole rings is 1. The van der Waals surface area contributed by atoms with Gasteiger partial charge in [-0.2, -0.15) is 0 Å². The number of allylic oxidation sites excluding steroid dienone is 1. The highest BCUT2D eigenvalue weighted by Gasteiger charge is 2.33. The van der Waals surface area contributed by atoms with Crippen LogP contribution in [0.4, 0.5) is 0 Å². The van der Waals surface area contributed by atoms with E-state index in [-0.39, 0.29) is 17.4 Å². The van der Waals surface area contributed by atoms with Crippen molar-refractivity contribution in [1.82, 2.24) is 19.7 Å². The van der Waals surface area contributed by atoms with Crippen LogP contribution in [0.25, 0.3) is 11.5 Å². The summed E-state index contributed by atoms with van der Waals surface area (Å²) in [4.78, 5) is 4.62. The fourth-order valence-electron chi connectivity index (χ4n) is 3.70. The Morgan fingerprint density at radius 1 is 1.33 bits per heavy atom. The average Bonchev–Trinajstić information content (AvgIpc) is 3.39. The zero-order valence-corrected chi connectivity index (χ0v) is 18.7. The lowest BCUT2D eigenvalue weighted by Crippen LogP contribution is -2.11. The van der Waals surface area contributed by atoms with Crippen LogP contribution in [0.15, 0.2) is 46.7 Å². The summed E-state index contributed by atoms with van der Waals surface area (Å²) in [5.74, 6) is 2.13. The Morgan fingerprint density at radius 3 is 2.87 bits per heavy atom. The van der Waals surface area contributed by atoms with E-state index < -0.39 is 9.84 Å². The second kappa shape index (κ2) is 8.39. The molecule has 0 radical (unpaired) electrons. The summed E-state index contributed by atoms with van der Waals surface area (Å²) < 4.78 is 31.4. The van der Waals surface area contributed by atoms with Crippen LogP contribution < -0.4 is 0 Å². The van der Waals surface area contributed by atoms with Gasteiger partial charge in [0.05, 0.1) is 17.2 Å². The first-order chi connectivity index (χ1) is 14.4. The van der Waals surface area contributed by atoms with E-state index in [0.717, 1.165) is 27.8 Å². The van der Waals surface area contributed by atoms with Crippen molar-refractivity contribution in [3.05, 3.63) is 59.8 Å². The Kier molecular flexibility index (Phi) is 5.84. The predicted octanol–water partition coefficient (Wildman–Crippen LogP) is 3.93. The smallest absolute Gasteiger partial charge is 0.226 e. The molecule has 0 amide bonds. The summed E-state index contributed by atoms with van der Waals surface area (Å²) in [6.07, 6.45) is 4.03. The first-order valence-corrected chi connectivity index (χ1v) is 12.6. The van der Waals surface area contributed by atoms with E-state index in [9.17, 15) is 8.42 Å². The zero-order chi connectivity index (χ0) is 21.3. The minimum Gasteiger partial charge on any atom is -0.444 e. The Morgan fingerprint density at radius 2 is 2.17 bits per heavy atom. The van der Waals surface area contributed by atoms with Gasteiger partial charge >= 0.3 is 0 Å². The summed E-state index contributed by atoms with van der Waals surface area (Å²) in [5, 5.41) is 9.34. The zero-order valence-electron chi connectivity index (χ0n) is 17.0. The van der Waals surface area contributed by atoms with Gasteiger partial charge in [0, 0.05) is 23.8 Å². The number of hydrogen-bond acceptors (Lipinski definition) is 7. The van der Waals surface area contributed by atoms with Crippen LogP contribution in [0.5, 0.6) is 0 Å². The molecule has 9 heteroatoms. The highest BCUT2D eigenvalue weighted by atomic mass is 32.2. The normalized spacial score (nSPS) is 18.0. The highest BCUT2D eigenvalue weighted by Crippen LogP contribution is 2.31. The topological polar surface area (TPSA) is 90.9 Å². The van der Waals surface area contributed by atoms with Gasteiger partial charge in [0.15, 0.2) is 15.0 Å². The van der Waals surface area contributed by atoms with E-state index in [1.807, 2.05) is 23.6 Å².